The maximum atomic E-state index is 11.4. The monoisotopic (exact) mass is 367 g/mol. The Morgan fingerprint density at radius 3 is 2.37 bits per heavy atom. The molecule has 142 valence electrons. The summed E-state index contributed by atoms with van der Waals surface area (Å²) < 4.78 is 1.90. The van der Waals surface area contributed by atoms with Gasteiger partial charge in [0.2, 0.25) is 0 Å². The average Bonchev–Trinajstić information content (AvgIpc) is 3.04. The maximum Gasteiger partial charge on any atom is 0.271 e. The molecule has 8 heteroatoms. The van der Waals surface area contributed by atoms with E-state index in [0.29, 0.717) is 11.5 Å². The molecule has 0 unspecified atom stereocenters. The lowest BCUT2D eigenvalue weighted by Crippen LogP contribution is -2.17. The number of nitrogens with zero attached hydrogens (tertiary/aromatic N) is 4. The number of carbonyl (C=O) groups is 1. The van der Waals surface area contributed by atoms with Gasteiger partial charge in [0.25, 0.3) is 5.91 Å². The van der Waals surface area contributed by atoms with Crippen LogP contribution in [-0.4, -0.2) is 25.7 Å². The number of nitrogen functional groups attached to an aromatic ring is 1. The highest BCUT2D eigenvalue weighted by molar-refractivity contribution is 5.97. The number of hydrogen-bond donors (Lipinski definition) is 3. The largest absolute Gasteiger partial charge is 0.382 e. The Morgan fingerprint density at radius 1 is 1.07 bits per heavy atom. The molecular formula is C19H25N7O. The van der Waals surface area contributed by atoms with Gasteiger partial charge in [0.1, 0.15) is 17.3 Å². The molecule has 0 aliphatic heterocycles. The number of carbonyl (C=O) groups excluding carboxylic acids is 1. The van der Waals surface area contributed by atoms with E-state index < -0.39 is 5.91 Å². The van der Waals surface area contributed by atoms with Crippen LogP contribution in [0.15, 0.2) is 30.5 Å². The zero-order chi connectivity index (χ0) is 19.2. The highest BCUT2D eigenvalue weighted by atomic mass is 16.1. The van der Waals surface area contributed by atoms with Crippen molar-refractivity contribution in [1.29, 1.82) is 0 Å². The van der Waals surface area contributed by atoms with Crippen LogP contribution in [0.25, 0.3) is 11.0 Å². The van der Waals surface area contributed by atoms with E-state index in [9.17, 15) is 4.79 Å². The van der Waals surface area contributed by atoms with Crippen LogP contribution in [0.1, 0.15) is 49.0 Å². The molecule has 1 aliphatic carbocycles. The van der Waals surface area contributed by atoms with Crippen LogP contribution in [0.4, 0.5) is 17.3 Å². The van der Waals surface area contributed by atoms with Crippen molar-refractivity contribution in [2.24, 2.45) is 12.8 Å². The maximum absolute atomic E-state index is 11.4. The van der Waals surface area contributed by atoms with E-state index in [0.717, 1.165) is 11.0 Å². The molecule has 3 heterocycles. The molecule has 0 saturated heterocycles. The number of rotatable bonds is 3. The van der Waals surface area contributed by atoms with Crippen LogP contribution >= 0.6 is 0 Å². The van der Waals surface area contributed by atoms with Crippen LogP contribution < -0.4 is 16.8 Å². The predicted molar refractivity (Wildman–Crippen MR) is 107 cm³/mol. The van der Waals surface area contributed by atoms with Crippen molar-refractivity contribution in [2.45, 2.75) is 38.5 Å². The fourth-order valence-corrected chi connectivity index (χ4v) is 3.09. The zero-order valence-electron chi connectivity index (χ0n) is 15.5. The number of pyridine rings is 1. The third-order valence-electron chi connectivity index (χ3n) is 4.53. The number of anilines is 3. The number of amides is 1. The highest BCUT2D eigenvalue weighted by Gasteiger charge is 2.13. The van der Waals surface area contributed by atoms with Crippen molar-refractivity contribution < 1.29 is 4.79 Å². The second-order valence-corrected chi connectivity index (χ2v) is 6.68. The fourth-order valence-electron chi connectivity index (χ4n) is 3.09. The third-order valence-corrected chi connectivity index (χ3v) is 4.53. The molecule has 27 heavy (non-hydrogen) atoms. The lowest BCUT2D eigenvalue weighted by molar-refractivity contribution is 0.0995. The molecule has 1 aliphatic rings. The molecule has 5 N–H and O–H groups in total. The molecular weight excluding hydrogens is 342 g/mol. The second-order valence-electron chi connectivity index (χ2n) is 6.68. The molecule has 1 amide bonds. The minimum Gasteiger partial charge on any atom is -0.382 e. The van der Waals surface area contributed by atoms with E-state index in [1.807, 2.05) is 29.9 Å². The van der Waals surface area contributed by atoms with Gasteiger partial charge in [-0.25, -0.2) is 4.98 Å². The van der Waals surface area contributed by atoms with Crippen molar-refractivity contribution in [3.8, 4) is 0 Å². The summed E-state index contributed by atoms with van der Waals surface area (Å²) in [6.45, 7) is 0. The Labute approximate surface area is 158 Å². The van der Waals surface area contributed by atoms with Crippen molar-refractivity contribution in [1.82, 2.24) is 19.7 Å². The fraction of sp³-hybridized carbons (Fsp3) is 0.368. The summed E-state index contributed by atoms with van der Waals surface area (Å²) in [5, 5.41) is 11.3. The lowest BCUT2D eigenvalue weighted by Gasteiger charge is -2.09. The number of nitrogens with two attached hydrogens (primary N) is 2. The van der Waals surface area contributed by atoms with E-state index in [1.165, 1.54) is 44.6 Å². The normalized spacial score (nSPS) is 13.7. The topological polar surface area (TPSA) is 125 Å². The van der Waals surface area contributed by atoms with Gasteiger partial charge in [-0.3, -0.25) is 4.79 Å². The first-order valence-electron chi connectivity index (χ1n) is 9.16. The molecule has 0 atom stereocenters. The van der Waals surface area contributed by atoms with Gasteiger partial charge in [-0.2, -0.15) is 0 Å². The zero-order valence-corrected chi connectivity index (χ0v) is 15.5. The summed E-state index contributed by atoms with van der Waals surface area (Å²) >= 11 is 0. The van der Waals surface area contributed by atoms with Gasteiger partial charge < -0.3 is 21.4 Å². The van der Waals surface area contributed by atoms with Crippen LogP contribution in [0.3, 0.4) is 0 Å². The van der Waals surface area contributed by atoms with E-state index in [-0.39, 0.29) is 11.5 Å². The van der Waals surface area contributed by atoms with E-state index in [4.69, 9.17) is 11.5 Å². The van der Waals surface area contributed by atoms with E-state index >= 15 is 0 Å². The number of fused-ring (bicyclic) bond motifs is 1. The first-order valence-corrected chi connectivity index (χ1v) is 9.16. The van der Waals surface area contributed by atoms with Crippen LogP contribution in [0.5, 0.6) is 0 Å². The van der Waals surface area contributed by atoms with Crippen LogP contribution in [-0.2, 0) is 7.05 Å². The molecule has 4 rings (SSSR count). The van der Waals surface area contributed by atoms with Gasteiger partial charge >= 0.3 is 0 Å². The standard InChI is InChI=1S/C13H13N7O.C6H12/c1-20-5-4-7-2-3-10(17-13(7)20)16-8-6-9(14)18-19-11(8)12(15)21;1-2-4-6-5-3-1/h2-6H,1H3,(H2,15,21)(H3,14,16,17,18);1-6H2. The quantitative estimate of drug-likeness (QED) is 0.653. The summed E-state index contributed by atoms with van der Waals surface area (Å²) in [7, 11) is 1.90. The molecule has 3 aromatic rings. The highest BCUT2D eigenvalue weighted by Crippen LogP contribution is 2.22. The summed E-state index contributed by atoms with van der Waals surface area (Å²) in [5.74, 6) is 0.0478. The minimum absolute atomic E-state index is 0.0120. The van der Waals surface area contributed by atoms with Gasteiger partial charge in [-0.05, 0) is 18.2 Å². The van der Waals surface area contributed by atoms with Crippen molar-refractivity contribution >= 4 is 34.3 Å². The number of aromatic nitrogens is 4. The number of primary amides is 1. The number of nitrogens with one attached hydrogen (secondary N) is 1. The smallest absolute Gasteiger partial charge is 0.271 e. The molecule has 8 nitrogen and oxygen atoms in total. The second kappa shape index (κ2) is 8.48. The Kier molecular flexibility index (Phi) is 5.85. The molecule has 3 aromatic heterocycles. The lowest BCUT2D eigenvalue weighted by atomic mass is 10.0. The number of aryl methyl sites for hydroxylation is 1. The summed E-state index contributed by atoms with van der Waals surface area (Å²) in [6, 6.07) is 7.17. The van der Waals surface area contributed by atoms with Gasteiger partial charge in [0, 0.05) is 24.7 Å². The molecule has 1 fully saturated rings. The van der Waals surface area contributed by atoms with Gasteiger partial charge in [-0.1, -0.05) is 38.5 Å². The van der Waals surface area contributed by atoms with E-state index in [2.05, 4.69) is 20.5 Å². The molecule has 0 radical (unpaired) electrons. The predicted octanol–water partition coefficient (Wildman–Crippen LogP) is 3.13. The molecule has 0 aromatic carbocycles. The summed E-state index contributed by atoms with van der Waals surface area (Å²) in [4.78, 5) is 15.8. The summed E-state index contributed by atoms with van der Waals surface area (Å²) in [5.41, 5.74) is 12.1. The minimum atomic E-state index is -0.690. The van der Waals surface area contributed by atoms with E-state index in [1.54, 1.807) is 6.07 Å². The Hall–Kier alpha value is -3.16. The van der Waals surface area contributed by atoms with Gasteiger partial charge in [-0.15, -0.1) is 10.2 Å². The van der Waals surface area contributed by atoms with Gasteiger partial charge in [0.05, 0.1) is 5.69 Å². The van der Waals surface area contributed by atoms with Crippen molar-refractivity contribution in [3.05, 3.63) is 36.2 Å². The average molecular weight is 367 g/mol. The Balaban J connectivity index is 0.000000299. The Morgan fingerprint density at radius 2 is 1.74 bits per heavy atom. The molecule has 1 saturated carbocycles. The van der Waals surface area contributed by atoms with Gasteiger partial charge in [0.15, 0.2) is 5.69 Å². The SMILES string of the molecule is C1CCCCC1.Cn1ccc2ccc(Nc3cc(N)nnc3C(N)=O)nc21. The van der Waals surface area contributed by atoms with Crippen molar-refractivity contribution in [2.75, 3.05) is 11.1 Å². The Bertz CT molecular complexity index is 919. The summed E-state index contributed by atoms with van der Waals surface area (Å²) in [6.07, 6.45) is 10.9. The third kappa shape index (κ3) is 4.72. The van der Waals surface area contributed by atoms with Crippen LogP contribution in [0, 0.1) is 0 Å². The molecule has 0 bridgehead atoms. The first-order chi connectivity index (χ1) is 13.0. The molecule has 0 spiro atoms. The van der Waals surface area contributed by atoms with Crippen molar-refractivity contribution in [3.63, 3.8) is 0 Å². The van der Waals surface area contributed by atoms with Crippen LogP contribution in [0.2, 0.25) is 0 Å². The first kappa shape index (κ1) is 18.6. The number of hydrogen-bond acceptors (Lipinski definition) is 6.